The highest BCUT2D eigenvalue weighted by Gasteiger charge is 2.26. The Morgan fingerprint density at radius 2 is 1.02 bits per heavy atom. The van der Waals surface area contributed by atoms with E-state index in [0.717, 1.165) is 83.5 Å². The molecule has 0 aliphatic carbocycles. The largest absolute Gasteiger partial charge is 0.472 e. The van der Waals surface area contributed by atoms with E-state index in [1.165, 1.54) is 77.0 Å². The Labute approximate surface area is 351 Å². The molecule has 57 heavy (non-hydrogen) atoms. The summed E-state index contributed by atoms with van der Waals surface area (Å²) in [5, 5.41) is 0. The number of hydrogen-bond acceptors (Lipinski definition) is 6. The molecule has 0 aliphatic heterocycles. The number of hydrogen-bond donors (Lipinski definition) is 1. The first-order valence-corrected chi connectivity index (χ1v) is 24.5. The van der Waals surface area contributed by atoms with Crippen molar-refractivity contribution < 1.29 is 37.3 Å². The Morgan fingerprint density at radius 1 is 0.561 bits per heavy atom. The number of carbonyl (C=O) groups excluding carboxylic acids is 1. The molecule has 0 saturated carbocycles. The van der Waals surface area contributed by atoms with Gasteiger partial charge in [0.25, 0.3) is 0 Å². The lowest BCUT2D eigenvalue weighted by Crippen LogP contribution is -2.37. The molecule has 332 valence electrons. The minimum Gasteiger partial charge on any atom is -0.457 e. The van der Waals surface area contributed by atoms with Gasteiger partial charge in [-0.05, 0) is 57.8 Å². The molecule has 2 atom stereocenters. The van der Waals surface area contributed by atoms with Crippen LogP contribution in [0.3, 0.4) is 0 Å². The van der Waals surface area contributed by atoms with Crippen molar-refractivity contribution in [1.82, 2.24) is 0 Å². The zero-order valence-electron chi connectivity index (χ0n) is 37.6. The maximum atomic E-state index is 12.7. The Hall–Kier alpha value is -1.80. The van der Waals surface area contributed by atoms with Crippen molar-refractivity contribution in [2.75, 3.05) is 54.1 Å². The average molecular weight is 823 g/mol. The van der Waals surface area contributed by atoms with E-state index in [1.54, 1.807) is 0 Å². The number of phosphoric acid groups is 1. The quantitative estimate of drug-likeness (QED) is 0.0215. The van der Waals surface area contributed by atoms with Gasteiger partial charge in [0.15, 0.2) is 0 Å². The summed E-state index contributed by atoms with van der Waals surface area (Å²) < 4.78 is 35.0. The fourth-order valence-corrected chi connectivity index (χ4v) is 6.79. The number of ether oxygens (including phenoxy) is 2. The van der Waals surface area contributed by atoms with Crippen LogP contribution in [0.2, 0.25) is 0 Å². The van der Waals surface area contributed by atoms with Crippen molar-refractivity contribution in [3.05, 3.63) is 60.8 Å². The van der Waals surface area contributed by atoms with E-state index in [9.17, 15) is 14.3 Å². The molecule has 2 unspecified atom stereocenters. The molecule has 0 radical (unpaired) electrons. The van der Waals surface area contributed by atoms with Gasteiger partial charge < -0.3 is 18.9 Å². The molecule has 0 fully saturated rings. The molecule has 0 amide bonds. The second-order valence-electron chi connectivity index (χ2n) is 16.4. The molecule has 1 N–H and O–H groups in total. The van der Waals surface area contributed by atoms with Gasteiger partial charge in [-0.2, -0.15) is 0 Å². The van der Waals surface area contributed by atoms with E-state index < -0.39 is 13.9 Å². The van der Waals surface area contributed by atoms with Crippen molar-refractivity contribution >= 4 is 13.8 Å². The van der Waals surface area contributed by atoms with E-state index in [4.69, 9.17) is 18.5 Å². The highest BCUT2D eigenvalue weighted by molar-refractivity contribution is 7.47. The molecule has 0 aromatic heterocycles. The van der Waals surface area contributed by atoms with Crippen LogP contribution in [0.15, 0.2) is 60.8 Å². The maximum absolute atomic E-state index is 12.7. The standard InChI is InChI=1S/C48H88NO7P/c1-6-8-10-12-14-16-18-20-22-23-24-25-26-28-30-32-34-36-38-40-43-53-45-47(46-55-57(51,52)54-44-42-49(3,4)5)56-48(50)41-39-37-35-33-31-29-27-21-19-17-15-13-11-9-7-2/h8,10,14,16,20,22,24-25,28,30,47H,6-7,9,11-13,15,17-19,21,23,26-27,29,31-46H2,1-5H3/p+1/b10-8-,16-14-,22-20-,25-24-,30-28-. The van der Waals surface area contributed by atoms with Gasteiger partial charge in [-0.1, -0.05) is 177 Å². The zero-order chi connectivity index (χ0) is 42.0. The summed E-state index contributed by atoms with van der Waals surface area (Å²) in [6.07, 6.45) is 51.1. The lowest BCUT2D eigenvalue weighted by molar-refractivity contribution is -0.870. The van der Waals surface area contributed by atoms with Crippen LogP contribution in [-0.2, 0) is 27.9 Å². The highest BCUT2D eigenvalue weighted by Crippen LogP contribution is 2.43. The van der Waals surface area contributed by atoms with Gasteiger partial charge in [0.05, 0.1) is 34.4 Å². The van der Waals surface area contributed by atoms with Crippen molar-refractivity contribution in [3.8, 4) is 0 Å². The number of esters is 1. The summed E-state index contributed by atoms with van der Waals surface area (Å²) >= 11 is 0. The van der Waals surface area contributed by atoms with Crippen LogP contribution in [0, 0.1) is 0 Å². The molecule has 9 heteroatoms. The van der Waals surface area contributed by atoms with Crippen LogP contribution < -0.4 is 0 Å². The van der Waals surface area contributed by atoms with Gasteiger partial charge in [0, 0.05) is 13.0 Å². The average Bonchev–Trinajstić information content (AvgIpc) is 3.16. The molecule has 8 nitrogen and oxygen atoms in total. The second-order valence-corrected chi connectivity index (χ2v) is 17.9. The van der Waals surface area contributed by atoms with Crippen molar-refractivity contribution in [3.63, 3.8) is 0 Å². The van der Waals surface area contributed by atoms with Crippen LogP contribution >= 0.6 is 7.82 Å². The maximum Gasteiger partial charge on any atom is 0.472 e. The third kappa shape index (κ3) is 45.1. The van der Waals surface area contributed by atoms with Gasteiger partial charge >= 0.3 is 13.8 Å². The van der Waals surface area contributed by atoms with E-state index in [0.29, 0.717) is 24.1 Å². The summed E-state index contributed by atoms with van der Waals surface area (Å²) in [7, 11) is 1.65. The van der Waals surface area contributed by atoms with Crippen LogP contribution in [-0.4, -0.2) is 75.6 Å². The van der Waals surface area contributed by atoms with E-state index in [-0.39, 0.29) is 25.8 Å². The number of allylic oxidation sites excluding steroid dienone is 10. The summed E-state index contributed by atoms with van der Waals surface area (Å²) in [6, 6.07) is 0. The van der Waals surface area contributed by atoms with Gasteiger partial charge in [-0.25, -0.2) is 4.57 Å². The third-order valence-corrected chi connectivity index (χ3v) is 10.6. The SMILES string of the molecule is CC/C=C\C/C=C\C/C=C\C/C=C\C/C=C\CCCCCCOCC(COP(=O)(O)OCC[N+](C)(C)C)OC(=O)CCCCCCCCCCCCCCCCC. The number of nitrogens with zero attached hydrogens (tertiary/aromatic N) is 1. The molecule has 0 aromatic rings. The lowest BCUT2D eigenvalue weighted by atomic mass is 10.0. The molecule has 0 aliphatic rings. The van der Waals surface area contributed by atoms with Crippen molar-refractivity contribution in [1.29, 1.82) is 0 Å². The number of rotatable bonds is 42. The van der Waals surface area contributed by atoms with Crippen LogP contribution in [0.1, 0.15) is 181 Å². The molecule has 0 aromatic carbocycles. The molecule has 0 spiro atoms. The minimum absolute atomic E-state index is 0.0819. The fraction of sp³-hybridized carbons (Fsp3) is 0.771. The molecule has 0 saturated heterocycles. The molecular weight excluding hydrogens is 734 g/mol. The fourth-order valence-electron chi connectivity index (χ4n) is 6.05. The van der Waals surface area contributed by atoms with E-state index >= 15 is 0 Å². The van der Waals surface area contributed by atoms with Crippen LogP contribution in [0.4, 0.5) is 0 Å². The number of likely N-dealkylation sites (N-methyl/N-ethyl adjacent to an activating group) is 1. The van der Waals surface area contributed by atoms with E-state index in [2.05, 4.69) is 74.6 Å². The van der Waals surface area contributed by atoms with Gasteiger partial charge in [-0.3, -0.25) is 13.8 Å². The Kier molecular flexibility index (Phi) is 39.7. The van der Waals surface area contributed by atoms with Gasteiger partial charge in [-0.15, -0.1) is 0 Å². The summed E-state index contributed by atoms with van der Waals surface area (Å²) in [5.74, 6) is -0.323. The summed E-state index contributed by atoms with van der Waals surface area (Å²) in [6.45, 7) is 5.45. The number of unbranched alkanes of at least 4 members (excludes halogenated alkanes) is 18. The Balaban J connectivity index is 4.26. The second kappa shape index (κ2) is 41.0. The first-order chi connectivity index (χ1) is 27.6. The Bertz CT molecular complexity index is 1090. The zero-order valence-corrected chi connectivity index (χ0v) is 38.5. The lowest BCUT2D eigenvalue weighted by Gasteiger charge is -2.24. The highest BCUT2D eigenvalue weighted by atomic mass is 31.2. The minimum atomic E-state index is -4.28. The summed E-state index contributed by atoms with van der Waals surface area (Å²) in [5.41, 5.74) is 0. The van der Waals surface area contributed by atoms with Gasteiger partial charge in [0.1, 0.15) is 19.3 Å². The van der Waals surface area contributed by atoms with Crippen LogP contribution in [0.5, 0.6) is 0 Å². The Morgan fingerprint density at radius 3 is 1.53 bits per heavy atom. The third-order valence-electron chi connectivity index (χ3n) is 9.59. The molecule has 0 bridgehead atoms. The first kappa shape index (κ1) is 55.2. The first-order valence-electron chi connectivity index (χ1n) is 23.0. The van der Waals surface area contributed by atoms with E-state index in [1.807, 2.05) is 21.1 Å². The normalized spacial score (nSPS) is 14.3. The number of phosphoric ester groups is 1. The molecular formula is C48H89NO7P+. The smallest absolute Gasteiger partial charge is 0.457 e. The summed E-state index contributed by atoms with van der Waals surface area (Å²) in [4.78, 5) is 22.9. The van der Waals surface area contributed by atoms with Crippen LogP contribution in [0.25, 0.3) is 0 Å². The number of carbonyl (C=O) groups is 1. The van der Waals surface area contributed by atoms with Crippen molar-refractivity contribution in [2.45, 2.75) is 187 Å². The van der Waals surface area contributed by atoms with Gasteiger partial charge in [0.2, 0.25) is 0 Å². The number of quaternary nitrogens is 1. The molecule has 0 heterocycles. The predicted molar refractivity (Wildman–Crippen MR) is 242 cm³/mol. The monoisotopic (exact) mass is 823 g/mol. The predicted octanol–water partition coefficient (Wildman–Crippen LogP) is 13.7. The topological polar surface area (TPSA) is 91.3 Å². The molecule has 0 rings (SSSR count). The van der Waals surface area contributed by atoms with Crippen molar-refractivity contribution in [2.24, 2.45) is 0 Å².